The lowest BCUT2D eigenvalue weighted by atomic mass is 10.1. The van der Waals surface area contributed by atoms with Crippen LogP contribution >= 0.6 is 39.1 Å². The van der Waals surface area contributed by atoms with Gasteiger partial charge in [0, 0.05) is 17.0 Å². The minimum absolute atomic E-state index is 0.178. The van der Waals surface area contributed by atoms with Gasteiger partial charge in [-0.05, 0) is 71.1 Å². The highest BCUT2D eigenvalue weighted by Crippen LogP contribution is 2.28. The number of amides is 2. The van der Waals surface area contributed by atoms with Crippen LogP contribution in [0.1, 0.15) is 43.5 Å². The zero-order valence-corrected chi connectivity index (χ0v) is 20.4. The second-order valence-corrected chi connectivity index (χ2v) is 8.90. The first kappa shape index (κ1) is 25.3. The highest BCUT2D eigenvalue weighted by atomic mass is 79.9. The van der Waals surface area contributed by atoms with Crippen molar-refractivity contribution in [1.82, 2.24) is 10.9 Å². The van der Waals surface area contributed by atoms with Crippen LogP contribution in [0, 0.1) is 5.92 Å². The Morgan fingerprint density at radius 1 is 1.00 bits per heavy atom. The van der Waals surface area contributed by atoms with Gasteiger partial charge in [0.05, 0.1) is 22.7 Å². The number of carbonyl (C=O) groups is 2. The first-order valence-corrected chi connectivity index (χ1v) is 11.4. The van der Waals surface area contributed by atoms with Crippen molar-refractivity contribution in [3.05, 3.63) is 56.5 Å². The van der Waals surface area contributed by atoms with Crippen molar-refractivity contribution in [2.75, 3.05) is 13.2 Å². The summed E-state index contributed by atoms with van der Waals surface area (Å²) in [6.45, 7) is 5.16. The molecule has 0 aliphatic carbocycles. The Morgan fingerprint density at radius 2 is 1.71 bits per heavy atom. The average molecular weight is 532 g/mol. The van der Waals surface area contributed by atoms with Crippen molar-refractivity contribution in [2.45, 2.75) is 33.1 Å². The molecule has 2 amide bonds. The molecule has 0 saturated heterocycles. The van der Waals surface area contributed by atoms with Gasteiger partial charge in [0.25, 0.3) is 5.91 Å². The molecule has 0 bridgehead atoms. The zero-order valence-electron chi connectivity index (χ0n) is 17.3. The highest BCUT2D eigenvalue weighted by molar-refractivity contribution is 9.10. The molecule has 6 nitrogen and oxygen atoms in total. The molecule has 0 spiro atoms. The third kappa shape index (κ3) is 8.97. The Labute approximate surface area is 200 Å². The molecule has 2 aromatic carbocycles. The van der Waals surface area contributed by atoms with Gasteiger partial charge < -0.3 is 9.47 Å². The molecule has 0 radical (unpaired) electrons. The highest BCUT2D eigenvalue weighted by Gasteiger charge is 2.11. The van der Waals surface area contributed by atoms with Crippen LogP contribution in [-0.4, -0.2) is 25.0 Å². The average Bonchev–Trinajstić information content (AvgIpc) is 2.71. The summed E-state index contributed by atoms with van der Waals surface area (Å²) in [4.78, 5) is 24.2. The van der Waals surface area contributed by atoms with E-state index in [0.29, 0.717) is 57.1 Å². The molecule has 0 heterocycles. The molecule has 0 aliphatic heterocycles. The second-order valence-electron chi connectivity index (χ2n) is 7.21. The number of hydrogen-bond acceptors (Lipinski definition) is 4. The molecule has 0 aliphatic rings. The Balaban J connectivity index is 1.71. The van der Waals surface area contributed by atoms with E-state index in [-0.39, 0.29) is 12.3 Å². The number of hydrogen-bond donors (Lipinski definition) is 2. The molecule has 2 rings (SSSR count). The summed E-state index contributed by atoms with van der Waals surface area (Å²) < 4.78 is 11.9. The molecule has 31 heavy (non-hydrogen) atoms. The normalized spacial score (nSPS) is 10.6. The summed E-state index contributed by atoms with van der Waals surface area (Å²) in [5, 5.41) is 0.930. The SMILES string of the molecule is CC(C)CCOc1ccc(C(=O)NNC(=O)CCCOc2ccc(Cl)cc2Cl)cc1Br. The third-order valence-corrected chi connectivity index (χ3v) is 5.31. The van der Waals surface area contributed by atoms with Gasteiger partial charge in [-0.25, -0.2) is 0 Å². The van der Waals surface area contributed by atoms with Gasteiger partial charge in [0.2, 0.25) is 5.91 Å². The number of benzene rings is 2. The van der Waals surface area contributed by atoms with E-state index in [1.165, 1.54) is 0 Å². The maximum Gasteiger partial charge on any atom is 0.269 e. The lowest BCUT2D eigenvalue weighted by Crippen LogP contribution is -2.41. The van der Waals surface area contributed by atoms with Crippen LogP contribution in [0.25, 0.3) is 0 Å². The number of ether oxygens (including phenoxy) is 2. The molecule has 0 atom stereocenters. The van der Waals surface area contributed by atoms with Crippen LogP contribution in [0.5, 0.6) is 11.5 Å². The molecule has 168 valence electrons. The maximum absolute atomic E-state index is 12.3. The largest absolute Gasteiger partial charge is 0.492 e. The first-order chi connectivity index (χ1) is 14.8. The van der Waals surface area contributed by atoms with Crippen molar-refractivity contribution in [3.8, 4) is 11.5 Å². The van der Waals surface area contributed by atoms with Crippen LogP contribution in [-0.2, 0) is 4.79 Å². The fourth-order valence-electron chi connectivity index (χ4n) is 2.43. The van der Waals surface area contributed by atoms with E-state index in [2.05, 4.69) is 40.6 Å². The van der Waals surface area contributed by atoms with Gasteiger partial charge in [0.15, 0.2) is 0 Å². The maximum atomic E-state index is 12.3. The van der Waals surface area contributed by atoms with Gasteiger partial charge >= 0.3 is 0 Å². The molecule has 0 fully saturated rings. The van der Waals surface area contributed by atoms with Crippen molar-refractivity contribution >= 4 is 50.9 Å². The smallest absolute Gasteiger partial charge is 0.269 e. The zero-order chi connectivity index (χ0) is 22.8. The van der Waals surface area contributed by atoms with Crippen LogP contribution < -0.4 is 20.3 Å². The van der Waals surface area contributed by atoms with E-state index in [4.69, 9.17) is 32.7 Å². The lowest BCUT2D eigenvalue weighted by Gasteiger charge is -2.12. The molecule has 2 N–H and O–H groups in total. The van der Waals surface area contributed by atoms with Crippen molar-refractivity contribution in [3.63, 3.8) is 0 Å². The first-order valence-electron chi connectivity index (χ1n) is 9.85. The third-order valence-electron chi connectivity index (χ3n) is 4.16. The predicted molar refractivity (Wildman–Crippen MR) is 126 cm³/mol. The van der Waals surface area contributed by atoms with Gasteiger partial charge in [-0.3, -0.25) is 20.4 Å². The summed E-state index contributed by atoms with van der Waals surface area (Å²) in [6.07, 6.45) is 1.57. The van der Waals surface area contributed by atoms with Crippen LogP contribution in [0.15, 0.2) is 40.9 Å². The summed E-state index contributed by atoms with van der Waals surface area (Å²) in [5.74, 6) is 0.970. The predicted octanol–water partition coefficient (Wildman–Crippen LogP) is 5.80. The van der Waals surface area contributed by atoms with E-state index < -0.39 is 5.91 Å². The van der Waals surface area contributed by atoms with E-state index in [0.717, 1.165) is 6.42 Å². The summed E-state index contributed by atoms with van der Waals surface area (Å²) in [5.41, 5.74) is 5.19. The fraction of sp³-hybridized carbons (Fsp3) is 0.364. The minimum Gasteiger partial charge on any atom is -0.492 e. The van der Waals surface area contributed by atoms with Crippen molar-refractivity contribution in [1.29, 1.82) is 0 Å². The molecule has 0 saturated carbocycles. The van der Waals surface area contributed by atoms with Crippen molar-refractivity contribution in [2.24, 2.45) is 5.92 Å². The standard InChI is InChI=1S/C22H25BrCl2N2O4/c1-14(2)9-11-31-19-7-5-15(12-17(19)23)22(29)27-26-21(28)4-3-10-30-20-8-6-16(24)13-18(20)25/h5-8,12-14H,3-4,9-11H2,1-2H3,(H,26,28)(H,27,29). The fourth-order valence-corrected chi connectivity index (χ4v) is 3.39. The molecule has 0 unspecified atom stereocenters. The van der Waals surface area contributed by atoms with Gasteiger partial charge in [-0.2, -0.15) is 0 Å². The Bertz CT molecular complexity index is 909. The van der Waals surface area contributed by atoms with Crippen LogP contribution in [0.3, 0.4) is 0 Å². The lowest BCUT2D eigenvalue weighted by molar-refractivity contribution is -0.122. The minimum atomic E-state index is -0.424. The van der Waals surface area contributed by atoms with Crippen LogP contribution in [0.2, 0.25) is 10.0 Å². The number of rotatable bonds is 10. The summed E-state index contributed by atoms with van der Waals surface area (Å²) >= 11 is 15.3. The Hall–Kier alpha value is -1.96. The van der Waals surface area contributed by atoms with Gasteiger partial charge in [0.1, 0.15) is 11.5 Å². The van der Waals surface area contributed by atoms with E-state index in [9.17, 15) is 9.59 Å². The number of carbonyl (C=O) groups excluding carboxylic acids is 2. The van der Waals surface area contributed by atoms with E-state index >= 15 is 0 Å². The molecule has 2 aromatic rings. The monoisotopic (exact) mass is 530 g/mol. The topological polar surface area (TPSA) is 76.7 Å². The second kappa shape index (κ2) is 12.8. The summed E-state index contributed by atoms with van der Waals surface area (Å²) in [6, 6.07) is 9.94. The van der Waals surface area contributed by atoms with Gasteiger partial charge in [-0.15, -0.1) is 0 Å². The number of nitrogens with one attached hydrogen (secondary N) is 2. The van der Waals surface area contributed by atoms with Gasteiger partial charge in [-0.1, -0.05) is 37.0 Å². The van der Waals surface area contributed by atoms with Crippen molar-refractivity contribution < 1.29 is 19.1 Å². The summed E-state index contributed by atoms with van der Waals surface area (Å²) in [7, 11) is 0. The number of halogens is 3. The van der Waals surface area contributed by atoms with E-state index in [1.54, 1.807) is 36.4 Å². The number of hydrazine groups is 1. The molecular formula is C22H25BrCl2N2O4. The van der Waals surface area contributed by atoms with Crippen LogP contribution in [0.4, 0.5) is 0 Å². The molecule has 9 heteroatoms. The molecular weight excluding hydrogens is 507 g/mol. The Morgan fingerprint density at radius 3 is 2.39 bits per heavy atom. The quantitative estimate of drug-likeness (QED) is 0.300. The molecule has 0 aromatic heterocycles. The van der Waals surface area contributed by atoms with E-state index in [1.807, 2.05) is 0 Å². The Kier molecular flexibility index (Phi) is 10.4.